The van der Waals surface area contributed by atoms with Crippen molar-refractivity contribution >= 4 is 21.4 Å². The first-order valence-corrected chi connectivity index (χ1v) is 12.7. The number of rotatable bonds is 7. The monoisotopic (exact) mass is 483 g/mol. The van der Waals surface area contributed by atoms with Gasteiger partial charge in [0.2, 0.25) is 0 Å². The average Bonchev–Trinajstić information content (AvgIpc) is 3.01. The lowest BCUT2D eigenvalue weighted by molar-refractivity contribution is 0.352. The summed E-state index contributed by atoms with van der Waals surface area (Å²) in [4.78, 5) is 4.41. The molecule has 0 fully saturated rings. The van der Waals surface area contributed by atoms with Crippen molar-refractivity contribution in [3.05, 3.63) is 83.2 Å². The number of nitrogens with one attached hydrogen (secondary N) is 1. The molecule has 3 aromatic carbocycles. The molecule has 0 spiro atoms. The number of hydrogen-bond acceptors (Lipinski definition) is 5. The third-order valence-corrected chi connectivity index (χ3v) is 7.59. The van der Waals surface area contributed by atoms with Gasteiger partial charge in [0.1, 0.15) is 11.6 Å². The predicted octanol–water partition coefficient (Wildman–Crippen LogP) is 4.30. The third-order valence-electron chi connectivity index (χ3n) is 6.21. The average molecular weight is 484 g/mol. The highest BCUT2D eigenvalue weighted by atomic mass is 32.2. The molecular weight excluding hydrogens is 453 g/mol. The fraction of sp³-hybridized carbons (Fsp3) is 0.308. The van der Waals surface area contributed by atoms with Crippen molar-refractivity contribution in [2.45, 2.75) is 24.3 Å². The highest BCUT2D eigenvalue weighted by Crippen LogP contribution is 2.32. The summed E-state index contributed by atoms with van der Waals surface area (Å²) < 4.78 is 47.6. The van der Waals surface area contributed by atoms with E-state index in [-0.39, 0.29) is 10.7 Å². The van der Waals surface area contributed by atoms with E-state index in [0.29, 0.717) is 18.0 Å². The standard InChI is InChI=1S/C26H30FN3O3S/c1-29-14-12-20-16-25(26(33-3)17-21(20)13-15-29)28-34(31,32)24-10-8-23(9-11-24)30(2)18-19-4-6-22(27)7-5-19/h4-11,16-17,28H,12-15,18H2,1-3H3. The van der Waals surface area contributed by atoms with Gasteiger partial charge in [0.15, 0.2) is 0 Å². The number of benzene rings is 3. The third kappa shape index (κ3) is 5.51. The number of sulfonamides is 1. The summed E-state index contributed by atoms with van der Waals surface area (Å²) in [5.41, 5.74) is 4.60. The molecule has 8 heteroatoms. The first-order chi connectivity index (χ1) is 16.2. The molecule has 34 heavy (non-hydrogen) atoms. The molecule has 0 saturated heterocycles. The number of fused-ring (bicyclic) bond motifs is 1. The zero-order chi connectivity index (χ0) is 24.3. The normalized spacial score (nSPS) is 14.2. The van der Waals surface area contributed by atoms with Crippen LogP contribution in [0.3, 0.4) is 0 Å². The van der Waals surface area contributed by atoms with Crippen molar-refractivity contribution in [2.24, 2.45) is 0 Å². The fourth-order valence-electron chi connectivity index (χ4n) is 4.15. The topological polar surface area (TPSA) is 61.9 Å². The molecule has 0 atom stereocenters. The molecule has 0 unspecified atom stereocenters. The van der Waals surface area contributed by atoms with Gasteiger partial charge in [-0.05, 0) is 85.1 Å². The molecule has 180 valence electrons. The van der Waals surface area contributed by atoms with E-state index in [0.717, 1.165) is 42.7 Å². The predicted molar refractivity (Wildman–Crippen MR) is 134 cm³/mol. The van der Waals surface area contributed by atoms with Gasteiger partial charge in [-0.15, -0.1) is 0 Å². The van der Waals surface area contributed by atoms with E-state index >= 15 is 0 Å². The minimum atomic E-state index is -3.80. The SMILES string of the molecule is COc1cc2c(cc1NS(=O)(=O)c1ccc(N(C)Cc3ccc(F)cc3)cc1)CCN(C)CC2. The van der Waals surface area contributed by atoms with Crippen LogP contribution in [0.4, 0.5) is 15.8 Å². The second-order valence-electron chi connectivity index (χ2n) is 8.71. The Morgan fingerprint density at radius 3 is 2.24 bits per heavy atom. The largest absolute Gasteiger partial charge is 0.495 e. The zero-order valence-corrected chi connectivity index (χ0v) is 20.5. The van der Waals surface area contributed by atoms with Gasteiger partial charge < -0.3 is 14.5 Å². The Balaban J connectivity index is 1.52. The van der Waals surface area contributed by atoms with Gasteiger partial charge in [-0.3, -0.25) is 4.72 Å². The summed E-state index contributed by atoms with van der Waals surface area (Å²) >= 11 is 0. The molecule has 0 aromatic heterocycles. The van der Waals surface area contributed by atoms with Gasteiger partial charge in [0.05, 0.1) is 17.7 Å². The maximum atomic E-state index is 13.1. The number of methoxy groups -OCH3 is 1. The molecule has 0 saturated carbocycles. The molecule has 1 aliphatic rings. The van der Waals surface area contributed by atoms with Crippen LogP contribution in [0.25, 0.3) is 0 Å². The second-order valence-corrected chi connectivity index (χ2v) is 10.4. The maximum Gasteiger partial charge on any atom is 0.262 e. The molecular formula is C26H30FN3O3S. The van der Waals surface area contributed by atoms with Crippen LogP contribution in [0, 0.1) is 5.82 Å². The molecule has 4 rings (SSSR count). The Morgan fingerprint density at radius 1 is 1.00 bits per heavy atom. The van der Waals surface area contributed by atoms with Gasteiger partial charge in [-0.25, -0.2) is 12.8 Å². The Labute approximate surface area is 201 Å². The summed E-state index contributed by atoms with van der Waals surface area (Å²) in [6.07, 6.45) is 1.77. The van der Waals surface area contributed by atoms with Crippen LogP contribution in [0.5, 0.6) is 5.75 Å². The van der Waals surface area contributed by atoms with E-state index in [4.69, 9.17) is 4.74 Å². The van der Waals surface area contributed by atoms with Gasteiger partial charge in [-0.1, -0.05) is 12.1 Å². The molecule has 0 aliphatic carbocycles. The van der Waals surface area contributed by atoms with Gasteiger partial charge >= 0.3 is 0 Å². The van der Waals surface area contributed by atoms with Crippen molar-refractivity contribution in [1.82, 2.24) is 4.90 Å². The molecule has 0 bridgehead atoms. The van der Waals surface area contributed by atoms with Gasteiger partial charge in [-0.2, -0.15) is 0 Å². The molecule has 1 N–H and O–H groups in total. The molecule has 3 aromatic rings. The minimum Gasteiger partial charge on any atom is -0.495 e. The Bertz CT molecular complexity index is 1250. The highest BCUT2D eigenvalue weighted by Gasteiger charge is 2.20. The zero-order valence-electron chi connectivity index (χ0n) is 19.7. The summed E-state index contributed by atoms with van der Waals surface area (Å²) in [6.45, 7) is 2.47. The minimum absolute atomic E-state index is 0.170. The molecule has 1 aliphatic heterocycles. The van der Waals surface area contributed by atoms with E-state index in [9.17, 15) is 12.8 Å². The maximum absolute atomic E-state index is 13.1. The fourth-order valence-corrected chi connectivity index (χ4v) is 5.21. The van der Waals surface area contributed by atoms with Gasteiger partial charge in [0, 0.05) is 32.4 Å². The van der Waals surface area contributed by atoms with Crippen LogP contribution < -0.4 is 14.4 Å². The number of hydrogen-bond donors (Lipinski definition) is 1. The Hall–Kier alpha value is -3.10. The van der Waals surface area contributed by atoms with Crippen LogP contribution in [0.2, 0.25) is 0 Å². The van der Waals surface area contributed by atoms with E-state index in [1.807, 2.05) is 24.1 Å². The van der Waals surface area contributed by atoms with Crippen LogP contribution >= 0.6 is 0 Å². The lowest BCUT2D eigenvalue weighted by Crippen LogP contribution is -2.20. The number of ether oxygens (including phenoxy) is 1. The Kier molecular flexibility index (Phi) is 7.09. The second kappa shape index (κ2) is 10.0. The van der Waals surface area contributed by atoms with Crippen LogP contribution in [0.15, 0.2) is 65.6 Å². The quantitative estimate of drug-likeness (QED) is 0.543. The number of anilines is 2. The van der Waals surface area contributed by atoms with Crippen LogP contribution in [-0.4, -0.2) is 47.6 Å². The summed E-state index contributed by atoms with van der Waals surface area (Å²) in [7, 11) is 1.75. The van der Waals surface area contributed by atoms with Crippen molar-refractivity contribution in [1.29, 1.82) is 0 Å². The van der Waals surface area contributed by atoms with E-state index in [1.54, 1.807) is 43.5 Å². The van der Waals surface area contributed by atoms with Crippen molar-refractivity contribution < 1.29 is 17.5 Å². The number of nitrogens with zero attached hydrogens (tertiary/aromatic N) is 2. The van der Waals surface area contributed by atoms with Crippen LogP contribution in [-0.2, 0) is 29.4 Å². The first kappa shape index (κ1) is 24.0. The smallest absolute Gasteiger partial charge is 0.262 e. The number of halogens is 1. The lowest BCUT2D eigenvalue weighted by atomic mass is 10.0. The highest BCUT2D eigenvalue weighted by molar-refractivity contribution is 7.92. The van der Waals surface area contributed by atoms with Crippen molar-refractivity contribution in [3.63, 3.8) is 0 Å². The summed E-state index contributed by atoms with van der Waals surface area (Å²) in [5.74, 6) is 0.245. The van der Waals surface area contributed by atoms with E-state index in [2.05, 4.69) is 16.7 Å². The molecule has 0 amide bonds. The van der Waals surface area contributed by atoms with Gasteiger partial charge in [0.25, 0.3) is 10.0 Å². The number of likely N-dealkylation sites (N-methyl/N-ethyl adjacent to an activating group) is 1. The molecule has 0 radical (unpaired) electrons. The lowest BCUT2D eigenvalue weighted by Gasteiger charge is -2.20. The van der Waals surface area contributed by atoms with Crippen molar-refractivity contribution in [3.8, 4) is 5.75 Å². The molecule has 1 heterocycles. The van der Waals surface area contributed by atoms with E-state index in [1.165, 1.54) is 17.7 Å². The molecule has 6 nitrogen and oxygen atoms in total. The van der Waals surface area contributed by atoms with Crippen LogP contribution in [0.1, 0.15) is 16.7 Å². The van der Waals surface area contributed by atoms with Crippen molar-refractivity contribution in [2.75, 3.05) is 43.9 Å². The Morgan fingerprint density at radius 2 is 1.62 bits per heavy atom. The summed E-state index contributed by atoms with van der Waals surface area (Å²) in [6, 6.07) is 16.9. The van der Waals surface area contributed by atoms with E-state index < -0.39 is 10.0 Å². The summed E-state index contributed by atoms with van der Waals surface area (Å²) in [5, 5.41) is 0. The first-order valence-electron chi connectivity index (χ1n) is 11.2.